The first-order valence-electron chi connectivity index (χ1n) is 11.6. The SMILES string of the molecule is Nc1ncccc1-c1nc2cccnc2n1-c1ccc(CN2CCN(c3ccncn3)CC2)cc1. The number of anilines is 2. The van der Waals surface area contributed by atoms with E-state index < -0.39 is 0 Å². The minimum absolute atomic E-state index is 0.446. The quantitative estimate of drug-likeness (QED) is 0.424. The molecule has 0 bridgehead atoms. The number of nitrogens with zero attached hydrogens (tertiary/aromatic N) is 8. The van der Waals surface area contributed by atoms with Gasteiger partial charge in [-0.3, -0.25) is 9.47 Å². The molecule has 1 fully saturated rings. The predicted octanol–water partition coefficient (Wildman–Crippen LogP) is 3.18. The van der Waals surface area contributed by atoms with Crippen LogP contribution in [-0.2, 0) is 6.54 Å². The van der Waals surface area contributed by atoms with Crippen LogP contribution < -0.4 is 10.6 Å². The van der Waals surface area contributed by atoms with Crippen LogP contribution in [0.4, 0.5) is 11.6 Å². The second-order valence-corrected chi connectivity index (χ2v) is 8.55. The van der Waals surface area contributed by atoms with Crippen molar-refractivity contribution in [3.8, 4) is 17.1 Å². The number of benzene rings is 1. The van der Waals surface area contributed by atoms with Gasteiger partial charge in [0, 0.05) is 57.0 Å². The van der Waals surface area contributed by atoms with Crippen LogP contribution in [0.2, 0.25) is 0 Å². The van der Waals surface area contributed by atoms with Gasteiger partial charge in [-0.05, 0) is 48.0 Å². The molecule has 1 saturated heterocycles. The van der Waals surface area contributed by atoms with Crippen molar-refractivity contribution in [1.82, 2.24) is 34.4 Å². The number of aromatic nitrogens is 6. The van der Waals surface area contributed by atoms with Crippen LogP contribution in [-0.4, -0.2) is 60.6 Å². The van der Waals surface area contributed by atoms with E-state index in [1.165, 1.54) is 5.56 Å². The Morgan fingerprint density at radius 3 is 2.37 bits per heavy atom. The van der Waals surface area contributed by atoms with E-state index in [-0.39, 0.29) is 0 Å². The smallest absolute Gasteiger partial charge is 0.164 e. The van der Waals surface area contributed by atoms with Crippen LogP contribution in [0, 0.1) is 0 Å². The number of pyridine rings is 2. The summed E-state index contributed by atoms with van der Waals surface area (Å²) < 4.78 is 2.05. The maximum absolute atomic E-state index is 6.20. The maximum atomic E-state index is 6.20. The first-order chi connectivity index (χ1) is 17.3. The van der Waals surface area contributed by atoms with Crippen molar-refractivity contribution in [2.75, 3.05) is 36.8 Å². The van der Waals surface area contributed by atoms with Crippen LogP contribution in [0.3, 0.4) is 0 Å². The molecule has 0 amide bonds. The molecule has 1 aliphatic rings. The Labute approximate surface area is 202 Å². The van der Waals surface area contributed by atoms with Crippen molar-refractivity contribution in [2.45, 2.75) is 6.54 Å². The molecule has 0 saturated carbocycles. The number of rotatable bonds is 5. The Morgan fingerprint density at radius 2 is 1.60 bits per heavy atom. The fourth-order valence-electron chi connectivity index (χ4n) is 4.56. The molecule has 0 unspecified atom stereocenters. The third-order valence-corrected chi connectivity index (χ3v) is 6.36. The zero-order valence-electron chi connectivity index (χ0n) is 19.2. The average molecular weight is 464 g/mol. The molecule has 0 aliphatic carbocycles. The van der Waals surface area contributed by atoms with E-state index in [1.807, 2.05) is 34.9 Å². The van der Waals surface area contributed by atoms with Gasteiger partial charge in [0.1, 0.15) is 23.5 Å². The number of hydrogen-bond donors (Lipinski definition) is 1. The third-order valence-electron chi connectivity index (χ3n) is 6.36. The largest absolute Gasteiger partial charge is 0.383 e. The van der Waals surface area contributed by atoms with E-state index in [2.05, 4.69) is 54.0 Å². The van der Waals surface area contributed by atoms with Crippen LogP contribution in [0.25, 0.3) is 28.2 Å². The van der Waals surface area contributed by atoms with Gasteiger partial charge in [-0.2, -0.15) is 0 Å². The Hall–Kier alpha value is -4.37. The van der Waals surface area contributed by atoms with Crippen molar-refractivity contribution in [3.63, 3.8) is 0 Å². The van der Waals surface area contributed by atoms with Gasteiger partial charge in [-0.1, -0.05) is 12.1 Å². The van der Waals surface area contributed by atoms with E-state index in [4.69, 9.17) is 10.7 Å². The topological polar surface area (TPSA) is 102 Å². The highest BCUT2D eigenvalue weighted by Crippen LogP contribution is 2.30. The highest BCUT2D eigenvalue weighted by molar-refractivity contribution is 5.82. The summed E-state index contributed by atoms with van der Waals surface area (Å²) in [5, 5.41) is 0. The first kappa shape index (κ1) is 21.2. The number of fused-ring (bicyclic) bond motifs is 1. The van der Waals surface area contributed by atoms with Crippen LogP contribution >= 0.6 is 0 Å². The van der Waals surface area contributed by atoms with E-state index in [1.54, 1.807) is 24.9 Å². The van der Waals surface area contributed by atoms with Crippen molar-refractivity contribution >= 4 is 22.8 Å². The van der Waals surface area contributed by atoms with Gasteiger partial charge in [0.05, 0.1) is 5.56 Å². The zero-order valence-corrected chi connectivity index (χ0v) is 19.2. The first-order valence-corrected chi connectivity index (χ1v) is 11.6. The van der Waals surface area contributed by atoms with Crippen LogP contribution in [0.15, 0.2) is 79.5 Å². The summed E-state index contributed by atoms with van der Waals surface area (Å²) in [5.41, 5.74) is 10.8. The van der Waals surface area contributed by atoms with Crippen molar-refractivity contribution in [3.05, 3.63) is 85.1 Å². The molecule has 1 aromatic carbocycles. The predicted molar refractivity (Wildman–Crippen MR) is 136 cm³/mol. The number of hydrogen-bond acceptors (Lipinski definition) is 8. The molecule has 0 atom stereocenters. The fraction of sp³-hybridized carbons (Fsp3) is 0.192. The lowest BCUT2D eigenvalue weighted by Crippen LogP contribution is -2.46. The Morgan fingerprint density at radius 1 is 0.800 bits per heavy atom. The Kier molecular flexibility index (Phi) is 5.51. The van der Waals surface area contributed by atoms with Crippen molar-refractivity contribution in [1.29, 1.82) is 0 Å². The van der Waals surface area contributed by atoms with Crippen molar-refractivity contribution < 1.29 is 0 Å². The zero-order chi connectivity index (χ0) is 23.6. The molecule has 0 spiro atoms. The molecule has 5 heterocycles. The van der Waals surface area contributed by atoms with Crippen LogP contribution in [0.1, 0.15) is 5.56 Å². The molecule has 9 heteroatoms. The summed E-state index contributed by atoms with van der Waals surface area (Å²) >= 11 is 0. The minimum atomic E-state index is 0.446. The standard InChI is InChI=1S/C26H25N9/c27-24-21(3-1-10-29-24)25-32-22-4-2-11-30-26(22)35(25)20-7-5-19(6-8-20)17-33-13-15-34(16-14-33)23-9-12-28-18-31-23/h1-12,18H,13-17H2,(H2,27,29). The normalized spacial score (nSPS) is 14.5. The van der Waals surface area contributed by atoms with Gasteiger partial charge in [0.25, 0.3) is 0 Å². The van der Waals surface area contributed by atoms with Gasteiger partial charge < -0.3 is 10.6 Å². The van der Waals surface area contributed by atoms with Crippen molar-refractivity contribution in [2.24, 2.45) is 0 Å². The van der Waals surface area contributed by atoms with Gasteiger partial charge >= 0.3 is 0 Å². The summed E-state index contributed by atoms with van der Waals surface area (Å²) in [6.07, 6.45) is 6.87. The van der Waals surface area contributed by atoms with E-state index in [9.17, 15) is 0 Å². The molecule has 6 rings (SSSR count). The number of nitrogen functional groups attached to an aromatic ring is 1. The molecule has 4 aromatic heterocycles. The molecule has 9 nitrogen and oxygen atoms in total. The molecular weight excluding hydrogens is 438 g/mol. The molecule has 35 heavy (non-hydrogen) atoms. The van der Waals surface area contributed by atoms with Gasteiger partial charge in [-0.25, -0.2) is 24.9 Å². The number of imidazole rings is 1. The lowest BCUT2D eigenvalue weighted by atomic mass is 10.1. The monoisotopic (exact) mass is 463 g/mol. The average Bonchev–Trinajstić information content (AvgIpc) is 3.30. The molecule has 0 radical (unpaired) electrons. The minimum Gasteiger partial charge on any atom is -0.383 e. The fourth-order valence-corrected chi connectivity index (χ4v) is 4.56. The van der Waals surface area contributed by atoms with E-state index >= 15 is 0 Å². The number of piperazine rings is 1. The molecule has 2 N–H and O–H groups in total. The third kappa shape index (κ3) is 4.17. The Bertz CT molecular complexity index is 1440. The van der Waals surface area contributed by atoms with E-state index in [0.29, 0.717) is 5.82 Å². The van der Waals surface area contributed by atoms with Gasteiger partial charge in [0.15, 0.2) is 11.5 Å². The summed E-state index contributed by atoms with van der Waals surface area (Å²) in [6.45, 7) is 4.80. The second-order valence-electron chi connectivity index (χ2n) is 8.55. The second kappa shape index (κ2) is 9.11. The summed E-state index contributed by atoms with van der Waals surface area (Å²) in [6, 6.07) is 18.2. The summed E-state index contributed by atoms with van der Waals surface area (Å²) in [5.74, 6) is 2.18. The number of nitrogens with two attached hydrogens (primary N) is 1. The maximum Gasteiger partial charge on any atom is 0.164 e. The van der Waals surface area contributed by atoms with Gasteiger partial charge in [0.2, 0.25) is 0 Å². The molecule has 1 aliphatic heterocycles. The molecule has 5 aromatic rings. The lowest BCUT2D eigenvalue weighted by molar-refractivity contribution is 0.249. The Balaban J connectivity index is 1.23. The highest BCUT2D eigenvalue weighted by Gasteiger charge is 2.19. The molecule has 174 valence electrons. The van der Waals surface area contributed by atoms with Crippen LogP contribution in [0.5, 0.6) is 0 Å². The highest BCUT2D eigenvalue weighted by atomic mass is 15.3. The molecular formula is C26H25N9. The van der Waals surface area contributed by atoms with Gasteiger partial charge in [-0.15, -0.1) is 0 Å². The lowest BCUT2D eigenvalue weighted by Gasteiger charge is -2.35. The summed E-state index contributed by atoms with van der Waals surface area (Å²) in [4.78, 5) is 26.8. The summed E-state index contributed by atoms with van der Waals surface area (Å²) in [7, 11) is 0. The van der Waals surface area contributed by atoms with E-state index in [0.717, 1.165) is 66.8 Å².